The minimum absolute atomic E-state index is 0.0586. The summed E-state index contributed by atoms with van der Waals surface area (Å²) in [5.41, 5.74) is 0.699. The summed E-state index contributed by atoms with van der Waals surface area (Å²) in [6, 6.07) is 4.27. The van der Waals surface area contributed by atoms with Crippen LogP contribution in [-0.4, -0.2) is 44.3 Å². The maximum Gasteiger partial charge on any atom is 0.317 e. The lowest BCUT2D eigenvalue weighted by atomic mass is 9.96. The van der Waals surface area contributed by atoms with Gasteiger partial charge in [-0.1, -0.05) is 13.0 Å². The molecule has 1 fully saturated rings. The van der Waals surface area contributed by atoms with Crippen LogP contribution in [0.2, 0.25) is 0 Å². The summed E-state index contributed by atoms with van der Waals surface area (Å²) in [6.07, 6.45) is 0.973. The number of methoxy groups -OCH3 is 2. The number of hydrogen-bond acceptors (Lipinski definition) is 3. The third-order valence-electron chi connectivity index (χ3n) is 4.50. The quantitative estimate of drug-likeness (QED) is 0.926. The molecular weight excluding hydrogens is 299 g/mol. The molecule has 0 bridgehead atoms. The van der Waals surface area contributed by atoms with Crippen molar-refractivity contribution in [3.8, 4) is 5.75 Å². The zero-order valence-corrected chi connectivity index (χ0v) is 14.1. The Hall–Kier alpha value is -1.82. The molecule has 0 saturated carbocycles. The molecule has 1 aromatic carbocycles. The van der Waals surface area contributed by atoms with Gasteiger partial charge in [0.15, 0.2) is 11.6 Å². The van der Waals surface area contributed by atoms with Crippen LogP contribution in [0, 0.1) is 11.7 Å². The van der Waals surface area contributed by atoms with Gasteiger partial charge < -0.3 is 19.7 Å². The topological polar surface area (TPSA) is 50.8 Å². The maximum atomic E-state index is 13.8. The highest BCUT2D eigenvalue weighted by Crippen LogP contribution is 2.23. The standard InChI is InChI=1S/C17H25FN2O3/c1-11-7-8-20(10-16(11)23-4)17(21)19-12(2)13-5-6-15(22-3)14(18)9-13/h5-6,9,11-12,16H,7-8,10H2,1-4H3,(H,19,21)/t11-,12+,16+/m1/s1. The van der Waals surface area contributed by atoms with E-state index in [-0.39, 0.29) is 23.9 Å². The molecule has 0 spiro atoms. The lowest BCUT2D eigenvalue weighted by Crippen LogP contribution is -2.50. The second kappa shape index (κ2) is 7.64. The van der Waals surface area contributed by atoms with Gasteiger partial charge in [-0.05, 0) is 37.0 Å². The lowest BCUT2D eigenvalue weighted by Gasteiger charge is -2.36. The molecule has 1 aromatic rings. The monoisotopic (exact) mass is 324 g/mol. The Balaban J connectivity index is 1.98. The van der Waals surface area contributed by atoms with Gasteiger partial charge in [0.2, 0.25) is 0 Å². The van der Waals surface area contributed by atoms with E-state index in [4.69, 9.17) is 9.47 Å². The maximum absolute atomic E-state index is 13.8. The van der Waals surface area contributed by atoms with Gasteiger partial charge in [0.05, 0.1) is 19.3 Å². The number of hydrogen-bond donors (Lipinski definition) is 1. The predicted octanol–water partition coefficient (Wildman–Crippen LogP) is 2.96. The Morgan fingerprint density at radius 1 is 1.43 bits per heavy atom. The third-order valence-corrected chi connectivity index (χ3v) is 4.50. The number of benzene rings is 1. The van der Waals surface area contributed by atoms with E-state index in [0.29, 0.717) is 24.6 Å². The van der Waals surface area contributed by atoms with Crippen LogP contribution < -0.4 is 10.1 Å². The normalized spacial score (nSPS) is 22.6. The summed E-state index contributed by atoms with van der Waals surface area (Å²) in [5.74, 6) is 0.203. The number of piperidine rings is 1. The highest BCUT2D eigenvalue weighted by molar-refractivity contribution is 5.74. The number of likely N-dealkylation sites (tertiary alicyclic amines) is 1. The van der Waals surface area contributed by atoms with E-state index >= 15 is 0 Å². The van der Waals surface area contributed by atoms with E-state index in [2.05, 4.69) is 12.2 Å². The molecule has 2 rings (SSSR count). The average Bonchev–Trinajstić information content (AvgIpc) is 2.54. The number of carbonyl (C=O) groups excluding carboxylic acids is 1. The summed E-state index contributed by atoms with van der Waals surface area (Å²) in [6.45, 7) is 5.25. The summed E-state index contributed by atoms with van der Waals surface area (Å²) in [7, 11) is 3.10. The fourth-order valence-corrected chi connectivity index (χ4v) is 2.84. The first-order valence-corrected chi connectivity index (χ1v) is 7.88. The van der Waals surface area contributed by atoms with E-state index in [0.717, 1.165) is 6.42 Å². The van der Waals surface area contributed by atoms with Crippen LogP contribution in [0.5, 0.6) is 5.75 Å². The van der Waals surface area contributed by atoms with Crippen molar-refractivity contribution in [2.24, 2.45) is 5.92 Å². The Bertz CT molecular complexity index is 553. The van der Waals surface area contributed by atoms with Gasteiger partial charge in [-0.2, -0.15) is 0 Å². The van der Waals surface area contributed by atoms with Crippen LogP contribution in [0.3, 0.4) is 0 Å². The third kappa shape index (κ3) is 4.13. The average molecular weight is 324 g/mol. The fourth-order valence-electron chi connectivity index (χ4n) is 2.84. The number of nitrogens with one attached hydrogen (secondary N) is 1. The van der Waals surface area contributed by atoms with Crippen LogP contribution in [0.1, 0.15) is 31.9 Å². The van der Waals surface area contributed by atoms with Crippen molar-refractivity contribution in [2.45, 2.75) is 32.4 Å². The van der Waals surface area contributed by atoms with Gasteiger partial charge in [0.25, 0.3) is 0 Å². The second-order valence-electron chi connectivity index (χ2n) is 6.05. The number of ether oxygens (including phenoxy) is 2. The van der Waals surface area contributed by atoms with Crippen molar-refractivity contribution in [1.29, 1.82) is 0 Å². The first-order valence-electron chi connectivity index (χ1n) is 7.88. The Morgan fingerprint density at radius 3 is 2.78 bits per heavy atom. The van der Waals surface area contributed by atoms with Crippen molar-refractivity contribution in [1.82, 2.24) is 10.2 Å². The molecule has 1 N–H and O–H groups in total. The van der Waals surface area contributed by atoms with Crippen LogP contribution in [0.4, 0.5) is 9.18 Å². The van der Waals surface area contributed by atoms with Gasteiger partial charge in [0.1, 0.15) is 0 Å². The van der Waals surface area contributed by atoms with Crippen molar-refractivity contribution < 1.29 is 18.7 Å². The molecule has 1 aliphatic heterocycles. The number of nitrogens with zero attached hydrogens (tertiary/aromatic N) is 1. The molecule has 3 atom stereocenters. The van der Waals surface area contributed by atoms with Crippen molar-refractivity contribution in [2.75, 3.05) is 27.3 Å². The molecule has 1 heterocycles. The number of halogens is 1. The Labute approximate surface area is 136 Å². The van der Waals surface area contributed by atoms with Crippen LogP contribution in [0.15, 0.2) is 18.2 Å². The molecular formula is C17H25FN2O3. The smallest absolute Gasteiger partial charge is 0.317 e. The van der Waals surface area contributed by atoms with Crippen molar-refractivity contribution >= 4 is 6.03 Å². The van der Waals surface area contributed by atoms with Crippen molar-refractivity contribution in [3.05, 3.63) is 29.6 Å². The Kier molecular flexibility index (Phi) is 5.82. The van der Waals surface area contributed by atoms with Gasteiger partial charge >= 0.3 is 6.03 Å². The highest BCUT2D eigenvalue weighted by Gasteiger charge is 2.29. The van der Waals surface area contributed by atoms with Gasteiger partial charge in [-0.25, -0.2) is 9.18 Å². The molecule has 128 valence electrons. The van der Waals surface area contributed by atoms with E-state index in [1.54, 1.807) is 24.1 Å². The molecule has 5 nitrogen and oxygen atoms in total. The first-order chi connectivity index (χ1) is 11.0. The number of rotatable bonds is 4. The first kappa shape index (κ1) is 17.5. The molecule has 1 saturated heterocycles. The zero-order valence-electron chi connectivity index (χ0n) is 14.1. The predicted molar refractivity (Wildman–Crippen MR) is 86.0 cm³/mol. The van der Waals surface area contributed by atoms with Crippen molar-refractivity contribution in [3.63, 3.8) is 0 Å². The zero-order chi connectivity index (χ0) is 17.0. The van der Waals surface area contributed by atoms with Crippen LogP contribution in [-0.2, 0) is 4.74 Å². The molecule has 2 amide bonds. The molecule has 0 aliphatic carbocycles. The molecule has 0 radical (unpaired) electrons. The number of carbonyl (C=O) groups is 1. The molecule has 0 aromatic heterocycles. The number of urea groups is 1. The largest absolute Gasteiger partial charge is 0.494 e. The Morgan fingerprint density at radius 2 is 2.17 bits per heavy atom. The molecule has 0 unspecified atom stereocenters. The van der Waals surface area contributed by atoms with Gasteiger partial charge in [-0.15, -0.1) is 0 Å². The summed E-state index contributed by atoms with van der Waals surface area (Å²) in [4.78, 5) is 14.2. The molecule has 6 heteroatoms. The van der Waals surface area contributed by atoms with Crippen LogP contribution in [0.25, 0.3) is 0 Å². The SMILES string of the molecule is COc1ccc([C@H](C)NC(=O)N2CC[C@@H](C)[C@@H](OC)C2)cc1F. The summed E-state index contributed by atoms with van der Waals surface area (Å²) in [5, 5.41) is 2.91. The van der Waals surface area contributed by atoms with E-state index in [1.165, 1.54) is 13.2 Å². The van der Waals surface area contributed by atoms with Gasteiger partial charge in [-0.3, -0.25) is 0 Å². The lowest BCUT2D eigenvalue weighted by molar-refractivity contribution is 0.00689. The summed E-state index contributed by atoms with van der Waals surface area (Å²) < 4.78 is 24.1. The van der Waals surface area contributed by atoms with E-state index in [1.807, 2.05) is 6.92 Å². The minimum atomic E-state index is -0.433. The fraction of sp³-hybridized carbons (Fsp3) is 0.588. The number of amides is 2. The van der Waals surface area contributed by atoms with E-state index in [9.17, 15) is 9.18 Å². The highest BCUT2D eigenvalue weighted by atomic mass is 19.1. The summed E-state index contributed by atoms with van der Waals surface area (Å²) >= 11 is 0. The van der Waals surface area contributed by atoms with E-state index < -0.39 is 5.82 Å². The molecule has 23 heavy (non-hydrogen) atoms. The minimum Gasteiger partial charge on any atom is -0.494 e. The molecule has 1 aliphatic rings. The second-order valence-corrected chi connectivity index (χ2v) is 6.05. The van der Waals surface area contributed by atoms with Gasteiger partial charge in [0, 0.05) is 20.2 Å². The van der Waals surface area contributed by atoms with Crippen LogP contribution >= 0.6 is 0 Å².